The number of nitrogens with zero attached hydrogens (tertiary/aromatic N) is 1. The molecule has 0 aliphatic heterocycles. The summed E-state index contributed by atoms with van der Waals surface area (Å²) < 4.78 is 13.1. The maximum Gasteiger partial charge on any atom is 0.141 e. The molecule has 102 valence electrons. The Labute approximate surface area is 108 Å². The lowest BCUT2D eigenvalue weighted by Crippen LogP contribution is -2.37. The lowest BCUT2D eigenvalue weighted by atomic mass is 9.83. The molecule has 0 saturated carbocycles. The van der Waals surface area contributed by atoms with Crippen LogP contribution >= 0.6 is 0 Å². The van der Waals surface area contributed by atoms with Gasteiger partial charge in [0, 0.05) is 30.8 Å². The quantitative estimate of drug-likeness (QED) is 0.786. The Hall–Kier alpha value is -1.00. The third-order valence-electron chi connectivity index (χ3n) is 3.84. The Bertz CT molecular complexity index is 358. The molecule has 18 heavy (non-hydrogen) atoms. The van der Waals surface area contributed by atoms with E-state index in [1.807, 2.05) is 6.92 Å². The molecule has 1 unspecified atom stereocenters. The molecular weight excluding hydrogens is 231 g/mol. The topological polar surface area (TPSA) is 45.1 Å². The van der Waals surface area contributed by atoms with E-state index < -0.39 is 0 Å². The van der Waals surface area contributed by atoms with Crippen LogP contribution in [0.2, 0.25) is 0 Å². The first-order chi connectivity index (χ1) is 8.56. The van der Waals surface area contributed by atoms with Crippen LogP contribution in [0.3, 0.4) is 0 Å². The zero-order valence-corrected chi connectivity index (χ0v) is 11.4. The molecule has 4 heteroatoms. The van der Waals surface area contributed by atoms with E-state index in [0.717, 1.165) is 18.4 Å². The summed E-state index contributed by atoms with van der Waals surface area (Å²) in [4.78, 5) is 3.85. The Morgan fingerprint density at radius 2 is 2.06 bits per heavy atom. The number of aliphatic hydroxyl groups is 1. The van der Waals surface area contributed by atoms with E-state index in [4.69, 9.17) is 0 Å². The fourth-order valence-corrected chi connectivity index (χ4v) is 1.93. The average Bonchev–Trinajstić information content (AvgIpc) is 2.40. The van der Waals surface area contributed by atoms with Crippen molar-refractivity contribution in [1.82, 2.24) is 10.3 Å². The summed E-state index contributed by atoms with van der Waals surface area (Å²) in [6.45, 7) is 7.02. The highest BCUT2D eigenvalue weighted by Gasteiger charge is 2.25. The molecule has 0 aliphatic carbocycles. The van der Waals surface area contributed by atoms with Crippen molar-refractivity contribution in [2.75, 3.05) is 13.2 Å². The normalized spacial score (nSPS) is 13.6. The Morgan fingerprint density at radius 3 is 2.56 bits per heavy atom. The molecule has 0 spiro atoms. The molecule has 0 amide bonds. The van der Waals surface area contributed by atoms with Gasteiger partial charge in [0.15, 0.2) is 0 Å². The minimum atomic E-state index is -0.319. The Kier molecular flexibility index (Phi) is 5.69. The molecule has 1 heterocycles. The van der Waals surface area contributed by atoms with Gasteiger partial charge in [-0.1, -0.05) is 13.8 Å². The maximum absolute atomic E-state index is 13.1. The predicted octanol–water partition coefficient (Wildman–Crippen LogP) is 2.67. The van der Waals surface area contributed by atoms with Gasteiger partial charge in [-0.2, -0.15) is 0 Å². The van der Waals surface area contributed by atoms with E-state index in [1.165, 1.54) is 12.3 Å². The van der Waals surface area contributed by atoms with Crippen molar-refractivity contribution in [2.45, 2.75) is 39.7 Å². The first-order valence-electron chi connectivity index (χ1n) is 6.51. The summed E-state index contributed by atoms with van der Waals surface area (Å²) in [5.74, 6) is -0.319. The number of pyridine rings is 1. The molecule has 0 fully saturated rings. The summed E-state index contributed by atoms with van der Waals surface area (Å²) in [6.07, 6.45) is 4.70. The van der Waals surface area contributed by atoms with Crippen LogP contribution in [-0.4, -0.2) is 23.2 Å². The van der Waals surface area contributed by atoms with Crippen molar-refractivity contribution < 1.29 is 9.50 Å². The van der Waals surface area contributed by atoms with E-state index in [1.54, 1.807) is 6.20 Å². The van der Waals surface area contributed by atoms with Crippen molar-refractivity contribution in [3.8, 4) is 0 Å². The molecule has 1 atom stereocenters. The van der Waals surface area contributed by atoms with E-state index in [9.17, 15) is 9.50 Å². The van der Waals surface area contributed by atoms with Gasteiger partial charge in [0.25, 0.3) is 0 Å². The van der Waals surface area contributed by atoms with Crippen molar-refractivity contribution in [3.05, 3.63) is 29.8 Å². The summed E-state index contributed by atoms with van der Waals surface area (Å²) >= 11 is 0. The molecule has 0 saturated heterocycles. The van der Waals surface area contributed by atoms with E-state index >= 15 is 0 Å². The number of hydrogen-bond acceptors (Lipinski definition) is 3. The fraction of sp³-hybridized carbons (Fsp3) is 0.643. The number of rotatable bonds is 7. The number of aliphatic hydroxyl groups excluding tert-OH is 1. The monoisotopic (exact) mass is 254 g/mol. The van der Waals surface area contributed by atoms with E-state index in [2.05, 4.69) is 24.1 Å². The smallest absolute Gasteiger partial charge is 0.141 e. The standard InChI is InChI=1S/C14H23FN2O/c1-4-14(5-2,10-18)9-17-11(3)12-6-13(15)8-16-7-12/h6-8,11,17-18H,4-5,9-10H2,1-3H3. The second-order valence-electron chi connectivity index (χ2n) is 4.90. The third-order valence-corrected chi connectivity index (χ3v) is 3.84. The molecule has 3 nitrogen and oxygen atoms in total. The van der Waals surface area contributed by atoms with Gasteiger partial charge in [0.05, 0.1) is 6.20 Å². The molecule has 1 aromatic rings. The highest BCUT2D eigenvalue weighted by molar-refractivity contribution is 5.14. The summed E-state index contributed by atoms with van der Waals surface area (Å²) in [7, 11) is 0. The highest BCUT2D eigenvalue weighted by atomic mass is 19.1. The van der Waals surface area contributed by atoms with Crippen LogP contribution in [0, 0.1) is 11.2 Å². The van der Waals surface area contributed by atoms with Crippen LogP contribution in [0.5, 0.6) is 0 Å². The van der Waals surface area contributed by atoms with Crippen molar-refractivity contribution >= 4 is 0 Å². The first kappa shape index (κ1) is 15.1. The van der Waals surface area contributed by atoms with Gasteiger partial charge in [-0.05, 0) is 31.4 Å². The maximum atomic E-state index is 13.1. The van der Waals surface area contributed by atoms with Crippen LogP contribution in [-0.2, 0) is 0 Å². The van der Waals surface area contributed by atoms with Crippen LogP contribution < -0.4 is 5.32 Å². The largest absolute Gasteiger partial charge is 0.396 e. The van der Waals surface area contributed by atoms with Crippen LogP contribution in [0.1, 0.15) is 45.2 Å². The van der Waals surface area contributed by atoms with Crippen molar-refractivity contribution in [1.29, 1.82) is 0 Å². The van der Waals surface area contributed by atoms with E-state index in [0.29, 0.717) is 6.54 Å². The zero-order chi connectivity index (χ0) is 13.6. The minimum absolute atomic E-state index is 0.0252. The van der Waals surface area contributed by atoms with Gasteiger partial charge in [-0.3, -0.25) is 4.98 Å². The van der Waals surface area contributed by atoms with Gasteiger partial charge < -0.3 is 10.4 Å². The number of aromatic nitrogens is 1. The average molecular weight is 254 g/mol. The Morgan fingerprint density at radius 1 is 1.39 bits per heavy atom. The van der Waals surface area contributed by atoms with Crippen molar-refractivity contribution in [2.24, 2.45) is 5.41 Å². The number of hydrogen-bond donors (Lipinski definition) is 2. The lowest BCUT2D eigenvalue weighted by molar-refractivity contribution is 0.110. The van der Waals surface area contributed by atoms with Crippen LogP contribution in [0.15, 0.2) is 18.5 Å². The molecule has 0 bridgehead atoms. The zero-order valence-electron chi connectivity index (χ0n) is 11.4. The highest BCUT2D eigenvalue weighted by Crippen LogP contribution is 2.25. The van der Waals surface area contributed by atoms with Gasteiger partial charge >= 0.3 is 0 Å². The number of nitrogens with one attached hydrogen (secondary N) is 1. The molecule has 0 aliphatic rings. The second kappa shape index (κ2) is 6.81. The molecule has 1 aromatic heterocycles. The number of halogens is 1. The van der Waals surface area contributed by atoms with Gasteiger partial charge in [-0.25, -0.2) is 4.39 Å². The van der Waals surface area contributed by atoms with Crippen molar-refractivity contribution in [3.63, 3.8) is 0 Å². The SMILES string of the molecule is CCC(CC)(CO)CNC(C)c1cncc(F)c1. The summed E-state index contributed by atoms with van der Waals surface area (Å²) in [5, 5.41) is 12.8. The lowest BCUT2D eigenvalue weighted by Gasteiger charge is -2.31. The second-order valence-corrected chi connectivity index (χ2v) is 4.90. The summed E-state index contributed by atoms with van der Waals surface area (Å²) in [6, 6.07) is 1.51. The van der Waals surface area contributed by atoms with Gasteiger partial charge in [-0.15, -0.1) is 0 Å². The van der Waals surface area contributed by atoms with Gasteiger partial charge in [0.1, 0.15) is 5.82 Å². The summed E-state index contributed by atoms with van der Waals surface area (Å²) in [5.41, 5.74) is 0.740. The minimum Gasteiger partial charge on any atom is -0.396 e. The van der Waals surface area contributed by atoms with Gasteiger partial charge in [0.2, 0.25) is 0 Å². The molecule has 0 aromatic carbocycles. The predicted molar refractivity (Wildman–Crippen MR) is 70.7 cm³/mol. The molecule has 0 radical (unpaired) electrons. The third kappa shape index (κ3) is 3.75. The first-order valence-corrected chi connectivity index (χ1v) is 6.51. The fourth-order valence-electron chi connectivity index (χ4n) is 1.93. The molecule has 1 rings (SSSR count). The van der Waals surface area contributed by atoms with Crippen LogP contribution in [0.25, 0.3) is 0 Å². The molecular formula is C14H23FN2O. The Balaban J connectivity index is 2.62. The van der Waals surface area contributed by atoms with Crippen LogP contribution in [0.4, 0.5) is 4.39 Å². The molecule has 2 N–H and O–H groups in total. The van der Waals surface area contributed by atoms with E-state index in [-0.39, 0.29) is 23.9 Å².